The lowest BCUT2D eigenvalue weighted by atomic mass is 10.0. The second-order valence-corrected chi connectivity index (χ2v) is 7.93. The third kappa shape index (κ3) is 8.80. The summed E-state index contributed by atoms with van der Waals surface area (Å²) in [7, 11) is 0. The summed E-state index contributed by atoms with van der Waals surface area (Å²) < 4.78 is 6.54. The number of thioether (sulfide) groups is 1. The van der Waals surface area contributed by atoms with Crippen LogP contribution >= 0.6 is 27.7 Å². The molecule has 0 spiro atoms. The fourth-order valence-corrected chi connectivity index (χ4v) is 3.98. The van der Waals surface area contributed by atoms with Crippen LogP contribution in [0.1, 0.15) is 58.4 Å². The molecule has 0 saturated heterocycles. The summed E-state index contributed by atoms with van der Waals surface area (Å²) in [6, 6.07) is 6.44. The predicted molar refractivity (Wildman–Crippen MR) is 103 cm³/mol. The number of hydrogen-bond acceptors (Lipinski definition) is 3. The standard InChI is InChI=1S/C19H29BrO2S/c1-4-7-8-15(5-2)14-22-19(21)9-10-23-18-12-16(6-3)11-17(20)13-18/h11-13,15H,4-10,14H2,1-3H3. The Morgan fingerprint density at radius 3 is 2.70 bits per heavy atom. The fraction of sp³-hybridized carbons (Fsp3) is 0.632. The highest BCUT2D eigenvalue weighted by Crippen LogP contribution is 2.25. The van der Waals surface area contributed by atoms with E-state index in [-0.39, 0.29) is 5.97 Å². The van der Waals surface area contributed by atoms with Crippen LogP contribution in [0.3, 0.4) is 0 Å². The van der Waals surface area contributed by atoms with E-state index in [0.717, 1.165) is 29.5 Å². The van der Waals surface area contributed by atoms with Crippen molar-refractivity contribution in [1.29, 1.82) is 0 Å². The first kappa shape index (κ1) is 20.6. The molecular weight excluding hydrogens is 372 g/mol. The van der Waals surface area contributed by atoms with Gasteiger partial charge in [0, 0.05) is 15.1 Å². The van der Waals surface area contributed by atoms with Gasteiger partial charge in [-0.15, -0.1) is 11.8 Å². The van der Waals surface area contributed by atoms with Crippen molar-refractivity contribution in [3.63, 3.8) is 0 Å². The number of esters is 1. The second-order valence-electron chi connectivity index (χ2n) is 5.85. The summed E-state index contributed by atoms with van der Waals surface area (Å²) in [5.41, 5.74) is 1.31. The number of carbonyl (C=O) groups is 1. The van der Waals surface area contributed by atoms with E-state index in [0.29, 0.717) is 18.9 Å². The minimum Gasteiger partial charge on any atom is -0.465 e. The highest BCUT2D eigenvalue weighted by molar-refractivity contribution is 9.10. The van der Waals surface area contributed by atoms with E-state index in [1.165, 1.54) is 23.3 Å². The van der Waals surface area contributed by atoms with Gasteiger partial charge in [0.05, 0.1) is 13.0 Å². The molecule has 23 heavy (non-hydrogen) atoms. The summed E-state index contributed by atoms with van der Waals surface area (Å²) in [4.78, 5) is 13.1. The van der Waals surface area contributed by atoms with Crippen molar-refractivity contribution in [2.45, 2.75) is 64.2 Å². The Bertz CT molecular complexity index is 476. The van der Waals surface area contributed by atoms with E-state index in [4.69, 9.17) is 4.74 Å². The third-order valence-electron chi connectivity index (χ3n) is 3.94. The minimum absolute atomic E-state index is 0.0711. The number of rotatable bonds is 11. The highest BCUT2D eigenvalue weighted by atomic mass is 79.9. The largest absolute Gasteiger partial charge is 0.465 e. The van der Waals surface area contributed by atoms with Crippen LogP contribution in [0, 0.1) is 5.92 Å². The topological polar surface area (TPSA) is 26.3 Å². The number of halogens is 1. The van der Waals surface area contributed by atoms with E-state index in [1.54, 1.807) is 11.8 Å². The van der Waals surface area contributed by atoms with E-state index in [2.05, 4.69) is 54.9 Å². The zero-order valence-electron chi connectivity index (χ0n) is 14.6. The molecule has 1 aromatic carbocycles. The Labute approximate surface area is 153 Å². The summed E-state index contributed by atoms with van der Waals surface area (Å²) in [5.74, 6) is 1.21. The Hall–Kier alpha value is -0.480. The first-order valence-corrected chi connectivity index (χ1v) is 10.4. The molecule has 130 valence electrons. The van der Waals surface area contributed by atoms with Crippen LogP contribution in [0.25, 0.3) is 0 Å². The van der Waals surface area contributed by atoms with Crippen LogP contribution in [0.5, 0.6) is 0 Å². The van der Waals surface area contributed by atoms with Crippen LogP contribution in [-0.4, -0.2) is 18.3 Å². The SMILES string of the molecule is CCCCC(CC)COC(=O)CCSc1cc(Br)cc(CC)c1. The van der Waals surface area contributed by atoms with Gasteiger partial charge in [-0.25, -0.2) is 0 Å². The molecule has 0 saturated carbocycles. The molecule has 0 amide bonds. The molecule has 0 aliphatic rings. The Kier molecular flexibility index (Phi) is 10.7. The smallest absolute Gasteiger partial charge is 0.306 e. The van der Waals surface area contributed by atoms with Crippen molar-refractivity contribution in [3.05, 3.63) is 28.2 Å². The summed E-state index contributed by atoms with van der Waals surface area (Å²) >= 11 is 5.25. The van der Waals surface area contributed by atoms with Gasteiger partial charge in [-0.3, -0.25) is 4.79 Å². The number of unbranched alkanes of at least 4 members (excludes halogenated alkanes) is 1. The minimum atomic E-state index is -0.0711. The predicted octanol–water partition coefficient (Wildman–Crippen LogP) is 6.25. The average Bonchev–Trinajstić information content (AvgIpc) is 2.54. The normalized spacial score (nSPS) is 12.2. The number of carbonyl (C=O) groups excluding carboxylic acids is 1. The Morgan fingerprint density at radius 1 is 1.26 bits per heavy atom. The fourth-order valence-electron chi connectivity index (χ4n) is 2.34. The molecule has 1 rings (SSSR count). The number of aryl methyl sites for hydroxylation is 1. The molecule has 0 radical (unpaired) electrons. The van der Waals surface area contributed by atoms with Crippen molar-refractivity contribution in [1.82, 2.24) is 0 Å². The molecule has 1 aromatic rings. The third-order valence-corrected chi connectivity index (χ3v) is 5.37. The van der Waals surface area contributed by atoms with Crippen LogP contribution < -0.4 is 0 Å². The maximum absolute atomic E-state index is 11.9. The zero-order valence-corrected chi connectivity index (χ0v) is 17.0. The van der Waals surface area contributed by atoms with E-state index in [9.17, 15) is 4.79 Å². The van der Waals surface area contributed by atoms with Crippen LogP contribution in [-0.2, 0) is 16.0 Å². The summed E-state index contributed by atoms with van der Waals surface area (Å²) in [6.45, 7) is 7.09. The van der Waals surface area contributed by atoms with Crippen LogP contribution in [0.4, 0.5) is 0 Å². The van der Waals surface area contributed by atoms with Crippen molar-refractivity contribution in [2.24, 2.45) is 5.92 Å². The summed E-state index contributed by atoms with van der Waals surface area (Å²) in [6.07, 6.45) is 6.16. The molecular formula is C19H29BrO2S. The lowest BCUT2D eigenvalue weighted by Gasteiger charge is -2.14. The van der Waals surface area contributed by atoms with Crippen molar-refractivity contribution in [2.75, 3.05) is 12.4 Å². The first-order chi connectivity index (χ1) is 11.1. The van der Waals surface area contributed by atoms with Crippen molar-refractivity contribution >= 4 is 33.7 Å². The maximum Gasteiger partial charge on any atom is 0.306 e. The van der Waals surface area contributed by atoms with Gasteiger partial charge in [0.15, 0.2) is 0 Å². The lowest BCUT2D eigenvalue weighted by Crippen LogP contribution is -2.14. The molecule has 0 N–H and O–H groups in total. The second kappa shape index (κ2) is 12.0. The molecule has 0 bridgehead atoms. The molecule has 1 unspecified atom stereocenters. The lowest BCUT2D eigenvalue weighted by molar-refractivity contribution is -0.144. The quantitative estimate of drug-likeness (QED) is 0.324. The average molecular weight is 401 g/mol. The Morgan fingerprint density at radius 2 is 2.04 bits per heavy atom. The maximum atomic E-state index is 11.9. The molecule has 2 nitrogen and oxygen atoms in total. The number of hydrogen-bond donors (Lipinski definition) is 0. The monoisotopic (exact) mass is 400 g/mol. The molecule has 0 aliphatic heterocycles. The van der Waals surface area contributed by atoms with Gasteiger partial charge >= 0.3 is 5.97 Å². The van der Waals surface area contributed by atoms with E-state index < -0.39 is 0 Å². The van der Waals surface area contributed by atoms with Gasteiger partial charge in [-0.2, -0.15) is 0 Å². The van der Waals surface area contributed by atoms with Crippen LogP contribution in [0.2, 0.25) is 0 Å². The van der Waals surface area contributed by atoms with Gasteiger partial charge in [-0.1, -0.05) is 56.0 Å². The first-order valence-electron chi connectivity index (χ1n) is 8.66. The molecule has 0 heterocycles. The molecule has 0 fully saturated rings. The molecule has 0 aliphatic carbocycles. The molecule has 0 aromatic heterocycles. The van der Waals surface area contributed by atoms with Crippen molar-refractivity contribution < 1.29 is 9.53 Å². The Balaban J connectivity index is 2.29. The molecule has 4 heteroatoms. The number of benzene rings is 1. The van der Waals surface area contributed by atoms with Gasteiger partial charge in [0.2, 0.25) is 0 Å². The summed E-state index contributed by atoms with van der Waals surface area (Å²) in [5, 5.41) is 0. The van der Waals surface area contributed by atoms with Gasteiger partial charge in [0.1, 0.15) is 0 Å². The number of ether oxygens (including phenoxy) is 1. The molecule has 1 atom stereocenters. The van der Waals surface area contributed by atoms with E-state index >= 15 is 0 Å². The van der Waals surface area contributed by atoms with E-state index in [1.807, 2.05) is 0 Å². The van der Waals surface area contributed by atoms with Gasteiger partial charge < -0.3 is 4.74 Å². The highest BCUT2D eigenvalue weighted by Gasteiger charge is 2.10. The van der Waals surface area contributed by atoms with Crippen LogP contribution in [0.15, 0.2) is 27.6 Å². The van der Waals surface area contributed by atoms with Gasteiger partial charge in [0.25, 0.3) is 0 Å². The zero-order chi connectivity index (χ0) is 17.1. The van der Waals surface area contributed by atoms with Crippen molar-refractivity contribution in [3.8, 4) is 0 Å². The van der Waals surface area contributed by atoms with Gasteiger partial charge in [-0.05, 0) is 42.5 Å².